The summed E-state index contributed by atoms with van der Waals surface area (Å²) in [5.74, 6) is -0.00351. The number of nitrogens with zero attached hydrogens (tertiary/aromatic N) is 7. The number of hydrogen-bond acceptors (Lipinski definition) is 10. The van der Waals surface area contributed by atoms with Gasteiger partial charge in [-0.2, -0.15) is 5.10 Å². The molecule has 1 unspecified atom stereocenters. The van der Waals surface area contributed by atoms with Gasteiger partial charge in [-0.1, -0.05) is 0 Å². The van der Waals surface area contributed by atoms with E-state index in [4.69, 9.17) is 9.84 Å². The standard InChI is InChI=1S/C49H58N8O7/c1-29-5-9-39-41(56(29)47(61)31-6-7-31)12-11-37(45(39)64-36-3-2-4-36)32-25-50-55(26-32)33-17-21-53(22-18-33)44(59)23-30-15-19-52(20-16-30)35-27-54(28-35)34-8-10-38-40(24-34)49(63)57(48(38)62)42-13-14-43(58)51-46(42)60/h8,10-12,24-26,29-31,33,35-36,42H,2-7,9,13-23,27-28H2,1H3,(H,51,58,60)/t29-,42?/m0/s1. The minimum absolute atomic E-state index is 0.0902. The maximum Gasteiger partial charge on any atom is 0.262 e. The van der Waals surface area contributed by atoms with Gasteiger partial charge in [0.05, 0.1) is 35.2 Å². The molecule has 2 saturated carbocycles. The Morgan fingerprint density at radius 2 is 1.55 bits per heavy atom. The zero-order valence-corrected chi connectivity index (χ0v) is 36.7. The Morgan fingerprint density at radius 3 is 2.27 bits per heavy atom. The fourth-order valence-corrected chi connectivity index (χ4v) is 11.2. The van der Waals surface area contributed by atoms with Gasteiger partial charge in [-0.15, -0.1) is 0 Å². The molecule has 3 aromatic rings. The van der Waals surface area contributed by atoms with Crippen LogP contribution in [-0.2, 0) is 25.6 Å². The number of imide groups is 2. The molecule has 1 N–H and O–H groups in total. The first-order valence-corrected chi connectivity index (χ1v) is 23.9. The highest BCUT2D eigenvalue weighted by molar-refractivity contribution is 6.23. The molecule has 1 aromatic heterocycles. The molecule has 0 spiro atoms. The Bertz CT molecular complexity index is 2400. The molecular formula is C49H58N8O7. The summed E-state index contributed by atoms with van der Waals surface area (Å²) in [4.78, 5) is 87.5. The molecule has 8 aliphatic rings. The van der Waals surface area contributed by atoms with E-state index in [0.29, 0.717) is 29.5 Å². The molecule has 64 heavy (non-hydrogen) atoms. The van der Waals surface area contributed by atoms with Crippen molar-refractivity contribution in [2.24, 2.45) is 11.8 Å². The minimum Gasteiger partial charge on any atom is -0.489 e. The lowest BCUT2D eigenvalue weighted by atomic mass is 9.90. The lowest BCUT2D eigenvalue weighted by Gasteiger charge is -2.48. The Morgan fingerprint density at radius 1 is 0.797 bits per heavy atom. The van der Waals surface area contributed by atoms with Gasteiger partial charge in [0.2, 0.25) is 23.6 Å². The quantitative estimate of drug-likeness (QED) is 0.272. The molecule has 6 fully saturated rings. The van der Waals surface area contributed by atoms with Crippen LogP contribution in [0, 0.1) is 11.8 Å². The van der Waals surface area contributed by atoms with Crippen molar-refractivity contribution in [2.75, 3.05) is 49.1 Å². The Kier molecular flexibility index (Phi) is 10.6. The number of hydrogen-bond donors (Lipinski definition) is 1. The van der Waals surface area contributed by atoms with Crippen molar-refractivity contribution in [2.45, 2.75) is 127 Å². The largest absolute Gasteiger partial charge is 0.489 e. The number of carbonyl (C=O) groups is 6. The van der Waals surface area contributed by atoms with Gasteiger partial charge in [0, 0.05) is 85.6 Å². The first kappa shape index (κ1) is 41.2. The van der Waals surface area contributed by atoms with Crippen LogP contribution in [0.25, 0.3) is 11.1 Å². The monoisotopic (exact) mass is 870 g/mol. The van der Waals surface area contributed by atoms with E-state index in [9.17, 15) is 28.8 Å². The SMILES string of the molecule is C[C@H]1CCc2c(ccc(-c3cnn(C4CCN(C(=O)CC5CCN(C6CN(c7ccc8c(c7)C(=O)N(C7CCC(=O)NC7=O)C8=O)C6)CC5)CC4)c3)c2OC2CCC2)N1C(=O)C1CC1. The van der Waals surface area contributed by atoms with Gasteiger partial charge in [-0.3, -0.25) is 48.6 Å². The Hall–Kier alpha value is -5.57. The highest BCUT2D eigenvalue weighted by Crippen LogP contribution is 2.46. The number of ether oxygens (including phenoxy) is 1. The number of nitrogens with one attached hydrogen (secondary N) is 1. The smallest absolute Gasteiger partial charge is 0.262 e. The van der Waals surface area contributed by atoms with E-state index < -0.39 is 29.7 Å². The molecule has 0 bridgehead atoms. The maximum atomic E-state index is 13.6. The average molecular weight is 871 g/mol. The van der Waals surface area contributed by atoms with Crippen LogP contribution in [0.5, 0.6) is 5.75 Å². The van der Waals surface area contributed by atoms with Crippen LogP contribution in [0.4, 0.5) is 11.4 Å². The molecule has 0 radical (unpaired) electrons. The second kappa shape index (κ2) is 16.5. The van der Waals surface area contributed by atoms with Crippen molar-refractivity contribution in [3.8, 4) is 16.9 Å². The van der Waals surface area contributed by atoms with Crippen molar-refractivity contribution in [3.05, 3.63) is 59.4 Å². The number of piperidine rings is 3. The summed E-state index contributed by atoms with van der Waals surface area (Å²) >= 11 is 0. The summed E-state index contributed by atoms with van der Waals surface area (Å²) < 4.78 is 8.85. The molecule has 2 aromatic carbocycles. The van der Waals surface area contributed by atoms with Gasteiger partial charge in [-0.05, 0) is 133 Å². The first-order chi connectivity index (χ1) is 31.1. The van der Waals surface area contributed by atoms with Crippen LogP contribution in [0.1, 0.15) is 123 Å². The van der Waals surface area contributed by atoms with Crippen molar-refractivity contribution < 1.29 is 33.5 Å². The van der Waals surface area contributed by atoms with Gasteiger partial charge in [0.15, 0.2) is 0 Å². The topological polar surface area (TPSA) is 158 Å². The fraction of sp³-hybridized carbons (Fsp3) is 0.571. The average Bonchev–Trinajstić information content (AvgIpc) is 3.95. The molecule has 2 atom stereocenters. The lowest BCUT2D eigenvalue weighted by molar-refractivity contribution is -0.136. The molecule has 6 aliphatic heterocycles. The van der Waals surface area contributed by atoms with Crippen molar-refractivity contribution >= 4 is 46.8 Å². The van der Waals surface area contributed by atoms with E-state index in [0.717, 1.165) is 142 Å². The van der Waals surface area contributed by atoms with Crippen LogP contribution in [0.3, 0.4) is 0 Å². The molecule has 336 valence electrons. The van der Waals surface area contributed by atoms with Gasteiger partial charge < -0.3 is 19.4 Å². The zero-order chi connectivity index (χ0) is 43.8. The summed E-state index contributed by atoms with van der Waals surface area (Å²) in [7, 11) is 0. The first-order valence-electron chi connectivity index (χ1n) is 23.9. The molecule has 6 amide bonds. The number of amides is 6. The van der Waals surface area contributed by atoms with Crippen molar-refractivity contribution in [3.63, 3.8) is 0 Å². The number of aromatic nitrogens is 2. The normalized spacial score (nSPS) is 25.0. The third kappa shape index (κ3) is 7.46. The maximum absolute atomic E-state index is 13.6. The minimum atomic E-state index is -0.976. The molecule has 11 rings (SSSR count). The predicted molar refractivity (Wildman–Crippen MR) is 237 cm³/mol. The van der Waals surface area contributed by atoms with Crippen LogP contribution < -0.4 is 19.9 Å². The highest BCUT2D eigenvalue weighted by atomic mass is 16.5. The van der Waals surface area contributed by atoms with Crippen LogP contribution in [-0.4, -0.2) is 123 Å². The molecule has 2 aliphatic carbocycles. The van der Waals surface area contributed by atoms with E-state index in [-0.39, 0.29) is 48.8 Å². The molecular weight excluding hydrogens is 813 g/mol. The predicted octanol–water partition coefficient (Wildman–Crippen LogP) is 5.11. The van der Waals surface area contributed by atoms with Crippen molar-refractivity contribution in [1.29, 1.82) is 0 Å². The summed E-state index contributed by atoms with van der Waals surface area (Å²) in [6.45, 7) is 7.16. The van der Waals surface area contributed by atoms with Crippen molar-refractivity contribution in [1.82, 2.24) is 29.8 Å². The number of carbonyl (C=O) groups excluding carboxylic acids is 6. The van der Waals surface area contributed by atoms with Gasteiger partial charge >= 0.3 is 0 Å². The number of anilines is 2. The summed E-state index contributed by atoms with van der Waals surface area (Å²) in [6, 6.07) is 9.39. The molecule has 15 nitrogen and oxygen atoms in total. The highest BCUT2D eigenvalue weighted by Gasteiger charge is 2.46. The third-order valence-electron chi connectivity index (χ3n) is 15.6. The summed E-state index contributed by atoms with van der Waals surface area (Å²) in [5, 5.41) is 7.11. The molecule has 15 heteroatoms. The van der Waals surface area contributed by atoms with Crippen LogP contribution in [0.15, 0.2) is 42.7 Å². The van der Waals surface area contributed by atoms with Gasteiger partial charge in [0.25, 0.3) is 11.8 Å². The third-order valence-corrected chi connectivity index (χ3v) is 15.6. The Labute approximate surface area is 373 Å². The fourth-order valence-electron chi connectivity index (χ4n) is 11.2. The summed E-state index contributed by atoms with van der Waals surface area (Å²) in [6.07, 6.45) is 16.0. The number of likely N-dealkylation sites (tertiary alicyclic amines) is 2. The van der Waals surface area contributed by atoms with E-state index >= 15 is 0 Å². The van der Waals surface area contributed by atoms with Gasteiger partial charge in [0.1, 0.15) is 11.8 Å². The number of fused-ring (bicyclic) bond motifs is 2. The lowest BCUT2D eigenvalue weighted by Crippen LogP contribution is -2.61. The molecule has 4 saturated heterocycles. The second-order valence-electron chi connectivity index (χ2n) is 19.7. The van der Waals surface area contributed by atoms with Crippen LogP contribution in [0.2, 0.25) is 0 Å². The summed E-state index contributed by atoms with van der Waals surface area (Å²) in [5.41, 5.74) is 5.73. The zero-order valence-electron chi connectivity index (χ0n) is 36.7. The van der Waals surface area contributed by atoms with E-state index in [1.165, 1.54) is 6.42 Å². The Balaban J connectivity index is 0.656. The molecule has 7 heterocycles. The number of benzene rings is 2. The number of rotatable bonds is 10. The van der Waals surface area contributed by atoms with E-state index in [1.807, 2.05) is 12.3 Å². The van der Waals surface area contributed by atoms with Crippen LogP contribution >= 0.6 is 0 Å². The van der Waals surface area contributed by atoms with Gasteiger partial charge in [-0.25, -0.2) is 0 Å². The van der Waals surface area contributed by atoms with E-state index in [1.54, 1.807) is 12.1 Å². The second-order valence-corrected chi connectivity index (χ2v) is 19.7. The van der Waals surface area contributed by atoms with E-state index in [2.05, 4.69) is 54.9 Å².